The molecule has 0 bridgehead atoms. The van der Waals surface area contributed by atoms with E-state index in [0.717, 1.165) is 4.47 Å². The van der Waals surface area contributed by atoms with E-state index in [9.17, 15) is 4.79 Å². The standard InChI is InChI=1S/C12H18BrNO2/c1-8(2)14-7-9(13)6-10(14)11(15)16-12(3,4)5/h6-8H,1-5H3. The Kier molecular flexibility index (Phi) is 3.84. The third kappa shape index (κ3) is 3.37. The second-order valence-electron chi connectivity index (χ2n) is 5.05. The predicted octanol–water partition coefficient (Wildman–Crippen LogP) is 3.79. The lowest BCUT2D eigenvalue weighted by molar-refractivity contribution is 0.00562. The quantitative estimate of drug-likeness (QED) is 0.775. The van der Waals surface area contributed by atoms with E-state index in [0.29, 0.717) is 5.69 Å². The van der Waals surface area contributed by atoms with Crippen LogP contribution in [0.5, 0.6) is 0 Å². The minimum atomic E-state index is -0.463. The van der Waals surface area contributed by atoms with Gasteiger partial charge in [-0.15, -0.1) is 0 Å². The van der Waals surface area contributed by atoms with Crippen molar-refractivity contribution in [1.82, 2.24) is 4.57 Å². The Morgan fingerprint density at radius 2 is 2.00 bits per heavy atom. The van der Waals surface area contributed by atoms with Crippen molar-refractivity contribution in [3.8, 4) is 0 Å². The lowest BCUT2D eigenvalue weighted by Crippen LogP contribution is -2.25. The average Bonchev–Trinajstić information content (AvgIpc) is 2.44. The highest BCUT2D eigenvalue weighted by Gasteiger charge is 2.21. The van der Waals surface area contributed by atoms with Crippen LogP contribution in [0, 0.1) is 0 Å². The molecule has 0 aromatic carbocycles. The molecule has 1 rings (SSSR count). The second kappa shape index (κ2) is 4.62. The Hall–Kier alpha value is -0.770. The van der Waals surface area contributed by atoms with E-state index in [4.69, 9.17) is 4.74 Å². The Bertz CT molecular complexity index is 388. The zero-order valence-corrected chi connectivity index (χ0v) is 12.0. The van der Waals surface area contributed by atoms with Gasteiger partial charge in [-0.2, -0.15) is 0 Å². The maximum atomic E-state index is 11.9. The number of aromatic nitrogens is 1. The molecule has 0 aliphatic carbocycles. The Balaban J connectivity index is 2.99. The van der Waals surface area contributed by atoms with Gasteiger partial charge in [0.1, 0.15) is 11.3 Å². The van der Waals surface area contributed by atoms with Crippen LogP contribution in [-0.2, 0) is 4.74 Å². The molecule has 0 amide bonds. The van der Waals surface area contributed by atoms with Gasteiger partial charge in [-0.1, -0.05) is 0 Å². The van der Waals surface area contributed by atoms with Crippen LogP contribution in [0.3, 0.4) is 0 Å². The van der Waals surface area contributed by atoms with Gasteiger partial charge in [-0.3, -0.25) is 0 Å². The molecule has 0 aliphatic rings. The maximum absolute atomic E-state index is 11.9. The van der Waals surface area contributed by atoms with Gasteiger partial charge in [0.05, 0.1) is 0 Å². The summed E-state index contributed by atoms with van der Waals surface area (Å²) in [5.74, 6) is -0.285. The van der Waals surface area contributed by atoms with Gasteiger partial charge >= 0.3 is 5.97 Å². The topological polar surface area (TPSA) is 31.2 Å². The van der Waals surface area contributed by atoms with Crippen LogP contribution in [0.2, 0.25) is 0 Å². The summed E-state index contributed by atoms with van der Waals surface area (Å²) in [4.78, 5) is 11.9. The number of hydrogen-bond acceptors (Lipinski definition) is 2. The number of carbonyl (C=O) groups excluding carboxylic acids is 1. The first-order chi connectivity index (χ1) is 7.20. The molecule has 4 heteroatoms. The third-order valence-corrected chi connectivity index (χ3v) is 2.41. The molecule has 0 unspecified atom stereocenters. The van der Waals surface area contributed by atoms with Gasteiger partial charge in [0.15, 0.2) is 0 Å². The summed E-state index contributed by atoms with van der Waals surface area (Å²) in [6, 6.07) is 2.02. The van der Waals surface area contributed by atoms with Crippen molar-refractivity contribution in [2.45, 2.75) is 46.3 Å². The number of hydrogen-bond donors (Lipinski definition) is 0. The van der Waals surface area contributed by atoms with E-state index in [1.54, 1.807) is 6.07 Å². The predicted molar refractivity (Wildman–Crippen MR) is 67.7 cm³/mol. The number of esters is 1. The molecule has 0 aliphatic heterocycles. The fourth-order valence-corrected chi connectivity index (χ4v) is 1.80. The van der Waals surface area contributed by atoms with Crippen molar-refractivity contribution in [2.75, 3.05) is 0 Å². The van der Waals surface area contributed by atoms with Gasteiger partial charge in [0, 0.05) is 16.7 Å². The molecule has 0 atom stereocenters. The Morgan fingerprint density at radius 3 is 2.44 bits per heavy atom. The monoisotopic (exact) mass is 287 g/mol. The normalized spacial score (nSPS) is 11.9. The SMILES string of the molecule is CC(C)n1cc(Br)cc1C(=O)OC(C)(C)C. The van der Waals surface area contributed by atoms with Crippen LogP contribution < -0.4 is 0 Å². The molecular weight excluding hydrogens is 270 g/mol. The van der Waals surface area contributed by atoms with Crippen molar-refractivity contribution in [3.63, 3.8) is 0 Å². The molecule has 0 N–H and O–H groups in total. The molecule has 90 valence electrons. The third-order valence-electron chi connectivity index (χ3n) is 1.98. The summed E-state index contributed by atoms with van der Waals surface area (Å²) in [5, 5.41) is 0. The molecule has 16 heavy (non-hydrogen) atoms. The lowest BCUT2D eigenvalue weighted by atomic mass is 10.2. The van der Waals surface area contributed by atoms with E-state index >= 15 is 0 Å². The average molecular weight is 288 g/mol. The smallest absolute Gasteiger partial charge is 0.355 e. The lowest BCUT2D eigenvalue weighted by Gasteiger charge is -2.20. The van der Waals surface area contributed by atoms with Gasteiger partial charge in [-0.25, -0.2) is 4.79 Å². The second-order valence-corrected chi connectivity index (χ2v) is 5.96. The fourth-order valence-electron chi connectivity index (χ4n) is 1.37. The minimum Gasteiger partial charge on any atom is -0.455 e. The zero-order chi connectivity index (χ0) is 12.5. The molecule has 1 aromatic heterocycles. The number of ether oxygens (including phenoxy) is 1. The van der Waals surface area contributed by atoms with Crippen molar-refractivity contribution in [2.24, 2.45) is 0 Å². The number of rotatable bonds is 2. The highest BCUT2D eigenvalue weighted by molar-refractivity contribution is 9.10. The molecular formula is C12H18BrNO2. The molecule has 1 heterocycles. The van der Waals surface area contributed by atoms with Crippen LogP contribution in [0.4, 0.5) is 0 Å². The van der Waals surface area contributed by atoms with E-state index in [1.807, 2.05) is 45.4 Å². The molecule has 0 saturated heterocycles. The van der Waals surface area contributed by atoms with Crippen molar-refractivity contribution < 1.29 is 9.53 Å². The summed E-state index contributed by atoms with van der Waals surface area (Å²) >= 11 is 3.37. The molecule has 1 aromatic rings. The van der Waals surface area contributed by atoms with Crippen LogP contribution in [0.15, 0.2) is 16.7 Å². The van der Waals surface area contributed by atoms with Gasteiger partial charge in [0.2, 0.25) is 0 Å². The van der Waals surface area contributed by atoms with E-state index in [2.05, 4.69) is 15.9 Å². The van der Waals surface area contributed by atoms with E-state index < -0.39 is 5.60 Å². The van der Waals surface area contributed by atoms with Crippen molar-refractivity contribution in [1.29, 1.82) is 0 Å². The number of halogens is 1. The summed E-state index contributed by atoms with van der Waals surface area (Å²) < 4.78 is 8.14. The highest BCUT2D eigenvalue weighted by atomic mass is 79.9. The molecule has 0 saturated carbocycles. The largest absolute Gasteiger partial charge is 0.455 e. The highest BCUT2D eigenvalue weighted by Crippen LogP contribution is 2.21. The summed E-state index contributed by atoms with van der Waals surface area (Å²) in [6.45, 7) is 9.65. The minimum absolute atomic E-state index is 0.230. The summed E-state index contributed by atoms with van der Waals surface area (Å²) in [6.07, 6.45) is 1.89. The van der Waals surface area contributed by atoms with E-state index in [1.165, 1.54) is 0 Å². The first-order valence-corrected chi connectivity index (χ1v) is 6.11. The fraction of sp³-hybridized carbons (Fsp3) is 0.583. The maximum Gasteiger partial charge on any atom is 0.355 e. The van der Waals surface area contributed by atoms with Crippen molar-refractivity contribution >= 4 is 21.9 Å². The summed E-state index contributed by atoms with van der Waals surface area (Å²) in [5.41, 5.74) is 0.118. The first-order valence-electron chi connectivity index (χ1n) is 5.31. The van der Waals surface area contributed by atoms with Crippen molar-refractivity contribution in [3.05, 3.63) is 22.4 Å². The first kappa shape index (κ1) is 13.3. The van der Waals surface area contributed by atoms with Crippen LogP contribution in [0.1, 0.15) is 51.1 Å². The molecule has 0 spiro atoms. The Morgan fingerprint density at radius 1 is 1.44 bits per heavy atom. The van der Waals surface area contributed by atoms with Gasteiger partial charge < -0.3 is 9.30 Å². The number of carbonyl (C=O) groups is 1. The summed E-state index contributed by atoms with van der Waals surface area (Å²) in [7, 11) is 0. The molecule has 3 nitrogen and oxygen atoms in total. The van der Waals surface area contributed by atoms with E-state index in [-0.39, 0.29) is 12.0 Å². The molecule has 0 radical (unpaired) electrons. The Labute approximate surface area is 105 Å². The van der Waals surface area contributed by atoms with Gasteiger partial charge in [0.25, 0.3) is 0 Å². The van der Waals surface area contributed by atoms with Crippen LogP contribution in [-0.4, -0.2) is 16.1 Å². The van der Waals surface area contributed by atoms with Crippen LogP contribution in [0.25, 0.3) is 0 Å². The molecule has 0 fully saturated rings. The number of nitrogens with zero attached hydrogens (tertiary/aromatic N) is 1. The van der Waals surface area contributed by atoms with Crippen LogP contribution >= 0.6 is 15.9 Å². The zero-order valence-electron chi connectivity index (χ0n) is 10.4. The van der Waals surface area contributed by atoms with Gasteiger partial charge in [-0.05, 0) is 56.6 Å².